The van der Waals surface area contributed by atoms with Gasteiger partial charge < -0.3 is 80.9 Å². The minimum atomic E-state index is -1.78. The maximum Gasteiger partial charge on any atom is 0.338 e. The van der Waals surface area contributed by atoms with Crippen molar-refractivity contribution in [3.8, 4) is 0 Å². The Morgan fingerprint density at radius 2 is 0.482 bits per heavy atom. The van der Waals surface area contributed by atoms with E-state index in [1.165, 1.54) is 84.9 Å². The van der Waals surface area contributed by atoms with Crippen LogP contribution in [0.15, 0.2) is 248 Å². The molecule has 4 saturated heterocycles. The van der Waals surface area contributed by atoms with Gasteiger partial charge >= 0.3 is 47.8 Å². The predicted molar refractivity (Wildman–Crippen MR) is 401 cm³/mol. The first kappa shape index (κ1) is 81.9. The number of azide groups is 1. The van der Waals surface area contributed by atoms with Gasteiger partial charge in [0.2, 0.25) is 0 Å². The van der Waals surface area contributed by atoms with E-state index in [9.17, 15) is 49.0 Å². The number of carbonyl (C=O) groups excluding carboxylic acids is 8. The van der Waals surface area contributed by atoms with Crippen LogP contribution in [0.2, 0.25) is 0 Å². The van der Waals surface area contributed by atoms with Crippen molar-refractivity contribution >= 4 is 47.8 Å². The number of aliphatic hydroxyl groups is 1. The van der Waals surface area contributed by atoms with E-state index in [1.54, 1.807) is 185 Å². The lowest BCUT2D eigenvalue weighted by molar-refractivity contribution is -0.335. The fourth-order valence-corrected chi connectivity index (χ4v) is 13.6. The zero-order valence-electron chi connectivity index (χ0n) is 62.5. The summed E-state index contributed by atoms with van der Waals surface area (Å²) in [6.45, 7) is 3.81. The van der Waals surface area contributed by atoms with Gasteiger partial charge in [0.25, 0.3) is 0 Å². The average Bonchev–Trinajstić information content (AvgIpc) is 0.782. The van der Waals surface area contributed by atoms with E-state index in [0.29, 0.717) is 0 Å². The third-order valence-electron chi connectivity index (χ3n) is 20.0. The number of ether oxygens (including phenoxy) is 16. The smallest absolute Gasteiger partial charge is 0.338 e. The SMILES string of the molecule is C[C@H]1[C@H](OC(=O)c2ccccc2)[C@@H](OC(=O)c2ccccc2)[C@H](OCC2O[C@@H](OCC3O[C@@H](OCC4O[C@@H](OCCN=[N+]=[N-])[C@H](OC(=O)c5ccccc5)[C@@H](OC(=O)c5ccccc5)[C@@H]4C)[C@H](OC(=O)c4ccccc4)[C@@H](OC(=O)c4ccccc4)[C@@H]3C)[C@H](OC(=O)c3ccccc3)[C@@H](OC(=O)c3ccccc3)[C@@H]2C)O[C@@H]1CO. The van der Waals surface area contributed by atoms with Gasteiger partial charge in [-0.05, 0) is 103 Å². The molecule has 4 fully saturated rings. The van der Waals surface area contributed by atoms with Crippen molar-refractivity contribution in [2.75, 3.05) is 39.6 Å². The van der Waals surface area contributed by atoms with Gasteiger partial charge in [-0.1, -0.05) is 178 Å². The largest absolute Gasteiger partial charge is 0.454 e. The van der Waals surface area contributed by atoms with Gasteiger partial charge in [-0.3, -0.25) is 0 Å². The number of esters is 8. The molecule has 0 bridgehead atoms. The highest BCUT2D eigenvalue weighted by Gasteiger charge is 2.56. The van der Waals surface area contributed by atoms with E-state index in [2.05, 4.69) is 10.0 Å². The fraction of sp³-hybridized carbons (Fsp3) is 0.349. The molecular formula is C86H85N3O25. The van der Waals surface area contributed by atoms with Gasteiger partial charge in [-0.2, -0.15) is 0 Å². The number of rotatable bonds is 30. The van der Waals surface area contributed by atoms with Crippen LogP contribution in [0.5, 0.6) is 0 Å². The Bertz CT molecular complexity index is 4540. The molecule has 28 nitrogen and oxygen atoms in total. The van der Waals surface area contributed by atoms with Crippen LogP contribution >= 0.6 is 0 Å². The van der Waals surface area contributed by atoms with Crippen LogP contribution in [0.3, 0.4) is 0 Å². The summed E-state index contributed by atoms with van der Waals surface area (Å²) in [5, 5.41) is 14.5. The Labute approximate surface area is 656 Å². The van der Waals surface area contributed by atoms with Crippen LogP contribution in [0.4, 0.5) is 0 Å². The quantitative estimate of drug-likeness (QED) is 0.0109. The number of benzene rings is 8. The van der Waals surface area contributed by atoms with E-state index in [4.69, 9.17) is 75.8 Å². The summed E-state index contributed by atoms with van der Waals surface area (Å²) in [4.78, 5) is 118. The molecule has 0 radical (unpaired) electrons. The number of aliphatic hydroxyl groups excluding tert-OH is 1. The highest BCUT2D eigenvalue weighted by atomic mass is 16.8. The van der Waals surface area contributed by atoms with Crippen molar-refractivity contribution in [1.29, 1.82) is 0 Å². The van der Waals surface area contributed by atoms with Gasteiger partial charge in [0.1, 0.15) is 24.4 Å². The zero-order chi connectivity index (χ0) is 80.0. The summed E-state index contributed by atoms with van der Waals surface area (Å²) in [6.07, 6.45) is -23.6. The van der Waals surface area contributed by atoms with Crippen LogP contribution in [0.1, 0.15) is 111 Å². The second-order valence-corrected chi connectivity index (χ2v) is 27.5. The Hall–Kier alpha value is -11.5. The lowest BCUT2D eigenvalue weighted by Crippen LogP contribution is -2.62. The Kier molecular flexibility index (Phi) is 28.6. The van der Waals surface area contributed by atoms with E-state index < -0.39 is 196 Å². The molecule has 8 aromatic carbocycles. The molecule has 0 saturated carbocycles. The van der Waals surface area contributed by atoms with Crippen molar-refractivity contribution in [1.82, 2.24) is 0 Å². The number of hydrogen-bond acceptors (Lipinski definition) is 26. The van der Waals surface area contributed by atoms with Crippen LogP contribution < -0.4 is 0 Å². The van der Waals surface area contributed by atoms with Crippen molar-refractivity contribution in [2.24, 2.45) is 28.8 Å². The number of hydrogen-bond donors (Lipinski definition) is 1. The Morgan fingerprint density at radius 1 is 0.298 bits per heavy atom. The minimum absolute atomic E-state index is 0.0818. The van der Waals surface area contributed by atoms with Gasteiger partial charge in [0, 0.05) is 35.1 Å². The highest BCUT2D eigenvalue weighted by molar-refractivity contribution is 5.93. The van der Waals surface area contributed by atoms with E-state index >= 15 is 0 Å². The predicted octanol–water partition coefficient (Wildman–Crippen LogP) is 11.6. The summed E-state index contributed by atoms with van der Waals surface area (Å²) in [5.41, 5.74) is 10.2. The topological polar surface area (TPSA) is 353 Å². The molecule has 4 heterocycles. The van der Waals surface area contributed by atoms with Crippen LogP contribution in [-0.4, -0.2) is 191 Å². The molecule has 28 heteroatoms. The lowest BCUT2D eigenvalue weighted by atomic mass is 9.89. The normalized spacial score (nSPS) is 27.1. The zero-order valence-corrected chi connectivity index (χ0v) is 62.5. The first-order valence-corrected chi connectivity index (χ1v) is 37.2. The van der Waals surface area contributed by atoms with Crippen LogP contribution in [0.25, 0.3) is 10.4 Å². The molecule has 20 atom stereocenters. The summed E-state index contributed by atoms with van der Waals surface area (Å²) >= 11 is 0. The van der Waals surface area contributed by atoms with Crippen molar-refractivity contribution in [3.63, 3.8) is 0 Å². The summed E-state index contributed by atoms with van der Waals surface area (Å²) in [7, 11) is 0. The second-order valence-electron chi connectivity index (χ2n) is 27.5. The molecule has 3 unspecified atom stereocenters. The fourth-order valence-electron chi connectivity index (χ4n) is 13.6. The van der Waals surface area contributed by atoms with Gasteiger partial charge in [-0.25, -0.2) is 38.4 Å². The van der Waals surface area contributed by atoms with Crippen molar-refractivity contribution < 1.29 is 119 Å². The molecule has 0 aromatic heterocycles. The van der Waals surface area contributed by atoms with E-state index in [1.807, 2.05) is 0 Å². The first-order valence-electron chi connectivity index (χ1n) is 37.2. The molecule has 4 aliphatic heterocycles. The summed E-state index contributed by atoms with van der Waals surface area (Å²) in [6, 6.07) is 64.1. The van der Waals surface area contributed by atoms with E-state index in [-0.39, 0.29) is 57.7 Å². The monoisotopic (exact) mass is 1560 g/mol. The van der Waals surface area contributed by atoms with Crippen molar-refractivity contribution in [2.45, 2.75) is 126 Å². The average molecular weight is 1560 g/mol. The Morgan fingerprint density at radius 3 is 0.684 bits per heavy atom. The third kappa shape index (κ3) is 20.6. The van der Waals surface area contributed by atoms with Crippen LogP contribution in [-0.2, 0) is 75.8 Å². The lowest BCUT2D eigenvalue weighted by Gasteiger charge is -2.47. The molecule has 8 aromatic rings. The standard InChI is InChI=1S/C86H85N3O25/c1-51-63(47-90)103-84(72(112-80(96)60-39-23-10-24-40-60)67(51)107-75(91)55-29-13-5-14-30-55)100-49-65-53(3)69(109-77(93)57-33-17-7-18-34-57)74(114-82(98)62-43-27-12-28-44-62)86(105-65)102-50-66-54(4)70(110-78(94)58-35-19-8-20-36-58)73(113-81(97)61-41-25-11-26-42-61)85(106-66)101-48-64-52(2)68(108-76(92)56-31-15-6-16-32-56)71(83(104-64)99-46-45-88-89-87)111-79(95)59-37-21-9-22-38-59/h5-44,51-54,63-74,83-86,90H,45-50H2,1-4H3/t51-,52-,53-,54-,63-,64?,65?,66?,67+,68+,69+,70+,71-,72-,73-,74-,83-,84-,85-,86-/m1/s1. The van der Waals surface area contributed by atoms with E-state index in [0.717, 1.165) is 0 Å². The first-order chi connectivity index (χ1) is 55.4. The Balaban J connectivity index is 0.905. The maximum absolute atomic E-state index is 14.7. The second kappa shape index (κ2) is 39.8. The maximum atomic E-state index is 14.7. The molecule has 114 heavy (non-hydrogen) atoms. The molecule has 1 N–H and O–H groups in total. The van der Waals surface area contributed by atoms with Crippen molar-refractivity contribution in [3.05, 3.63) is 298 Å². The van der Waals surface area contributed by atoms with Gasteiger partial charge in [0.15, 0.2) is 49.6 Å². The molecule has 0 aliphatic carbocycles. The molecule has 12 rings (SSSR count). The number of nitrogens with zero attached hydrogens (tertiary/aromatic N) is 3. The molecule has 0 spiro atoms. The molecular weight excluding hydrogens is 1470 g/mol. The third-order valence-corrected chi connectivity index (χ3v) is 20.0. The number of carbonyl (C=O) groups is 8. The summed E-state index contributed by atoms with van der Waals surface area (Å²) in [5.74, 6) is -10.6. The van der Waals surface area contributed by atoms with Crippen LogP contribution in [0, 0.1) is 23.7 Å². The van der Waals surface area contributed by atoms with Gasteiger partial charge in [-0.15, -0.1) is 0 Å². The highest BCUT2D eigenvalue weighted by Crippen LogP contribution is 2.40. The molecule has 4 aliphatic rings. The molecule has 594 valence electrons. The van der Waals surface area contributed by atoms with Gasteiger partial charge in [0.05, 0.1) is 102 Å². The minimum Gasteiger partial charge on any atom is -0.454 e. The summed E-state index contributed by atoms with van der Waals surface area (Å²) < 4.78 is 104. The molecule has 0 amide bonds.